The van der Waals surface area contributed by atoms with Crippen molar-refractivity contribution in [3.8, 4) is 16.9 Å². The van der Waals surface area contributed by atoms with E-state index in [-0.39, 0.29) is 11.9 Å². The predicted molar refractivity (Wildman–Crippen MR) is 85.2 cm³/mol. The van der Waals surface area contributed by atoms with Crippen LogP contribution in [-0.2, 0) is 4.79 Å². The van der Waals surface area contributed by atoms with E-state index in [2.05, 4.69) is 17.4 Å². The van der Waals surface area contributed by atoms with Gasteiger partial charge in [0.25, 0.3) is 5.91 Å². The van der Waals surface area contributed by atoms with Gasteiger partial charge in [0.2, 0.25) is 0 Å². The first kappa shape index (κ1) is 15.1. The summed E-state index contributed by atoms with van der Waals surface area (Å²) in [5, 5.41) is 2.84. The third kappa shape index (κ3) is 4.35. The van der Waals surface area contributed by atoms with Crippen molar-refractivity contribution in [2.75, 3.05) is 0 Å². The lowest BCUT2D eigenvalue weighted by Gasteiger charge is -2.16. The third-order valence-corrected chi connectivity index (χ3v) is 3.07. The molecule has 0 aromatic heterocycles. The topological polar surface area (TPSA) is 38.3 Å². The van der Waals surface area contributed by atoms with Crippen LogP contribution in [0.25, 0.3) is 11.1 Å². The average Bonchev–Trinajstić information content (AvgIpc) is 2.48. The second kappa shape index (κ2) is 6.93. The monoisotopic (exact) mass is 283 g/mol. The molecule has 0 radical (unpaired) electrons. The lowest BCUT2D eigenvalue weighted by atomic mass is 10.1. The second-order valence-electron chi connectivity index (χ2n) is 5.31. The number of nitrogens with one attached hydrogen (secondary N) is 1. The molecule has 0 aliphatic rings. The highest BCUT2D eigenvalue weighted by atomic mass is 16.5. The van der Waals surface area contributed by atoms with Gasteiger partial charge in [-0.2, -0.15) is 0 Å². The number of carbonyl (C=O) groups is 1. The number of hydrogen-bond donors (Lipinski definition) is 1. The minimum Gasteiger partial charge on any atom is -0.481 e. The standard InChI is InChI=1S/C18H21NO2/c1-13(2)19-18(20)14(3)21-17-11-9-16(10-12-17)15-7-5-4-6-8-15/h4-14H,1-3H3,(H,19,20)/t14-/m0/s1. The maximum atomic E-state index is 11.8. The Kier molecular flexibility index (Phi) is 4.99. The molecule has 1 amide bonds. The minimum atomic E-state index is -0.505. The molecule has 110 valence electrons. The largest absolute Gasteiger partial charge is 0.481 e. The molecule has 2 aromatic rings. The Labute approximate surface area is 126 Å². The van der Waals surface area contributed by atoms with Gasteiger partial charge in [-0.15, -0.1) is 0 Å². The highest BCUT2D eigenvalue weighted by molar-refractivity contribution is 5.80. The number of benzene rings is 2. The Balaban J connectivity index is 2.01. The van der Waals surface area contributed by atoms with Gasteiger partial charge in [-0.3, -0.25) is 4.79 Å². The normalized spacial score (nSPS) is 12.0. The molecule has 1 N–H and O–H groups in total. The molecular weight excluding hydrogens is 262 g/mol. The lowest BCUT2D eigenvalue weighted by molar-refractivity contribution is -0.127. The van der Waals surface area contributed by atoms with Crippen LogP contribution in [0.5, 0.6) is 5.75 Å². The van der Waals surface area contributed by atoms with E-state index in [0.29, 0.717) is 5.75 Å². The Morgan fingerprint density at radius 3 is 2.05 bits per heavy atom. The Morgan fingerprint density at radius 2 is 1.48 bits per heavy atom. The van der Waals surface area contributed by atoms with E-state index >= 15 is 0 Å². The summed E-state index contributed by atoms with van der Waals surface area (Å²) in [4.78, 5) is 11.8. The molecule has 3 nitrogen and oxygen atoms in total. The van der Waals surface area contributed by atoms with Crippen molar-refractivity contribution >= 4 is 5.91 Å². The minimum absolute atomic E-state index is 0.0999. The van der Waals surface area contributed by atoms with Gasteiger partial charge in [0.15, 0.2) is 6.10 Å². The number of carbonyl (C=O) groups excluding carboxylic acids is 1. The van der Waals surface area contributed by atoms with E-state index in [0.717, 1.165) is 11.1 Å². The van der Waals surface area contributed by atoms with Crippen LogP contribution in [0.3, 0.4) is 0 Å². The number of amides is 1. The highest BCUT2D eigenvalue weighted by Crippen LogP contribution is 2.22. The molecule has 21 heavy (non-hydrogen) atoms. The van der Waals surface area contributed by atoms with Gasteiger partial charge in [-0.05, 0) is 44.0 Å². The van der Waals surface area contributed by atoms with Crippen molar-refractivity contribution < 1.29 is 9.53 Å². The molecule has 0 aliphatic carbocycles. The summed E-state index contributed by atoms with van der Waals surface area (Å²) >= 11 is 0. The average molecular weight is 283 g/mol. The Hall–Kier alpha value is -2.29. The number of rotatable bonds is 5. The van der Waals surface area contributed by atoms with E-state index in [4.69, 9.17) is 4.74 Å². The van der Waals surface area contributed by atoms with Crippen molar-refractivity contribution in [3.63, 3.8) is 0 Å². The number of ether oxygens (including phenoxy) is 1. The van der Waals surface area contributed by atoms with Crippen molar-refractivity contribution in [2.24, 2.45) is 0 Å². The molecule has 1 atom stereocenters. The smallest absolute Gasteiger partial charge is 0.260 e. The van der Waals surface area contributed by atoms with Crippen LogP contribution in [-0.4, -0.2) is 18.1 Å². The maximum Gasteiger partial charge on any atom is 0.260 e. The molecule has 0 heterocycles. The molecule has 0 fully saturated rings. The van der Waals surface area contributed by atoms with Crippen LogP contribution >= 0.6 is 0 Å². The molecule has 0 unspecified atom stereocenters. The van der Waals surface area contributed by atoms with Gasteiger partial charge in [-0.1, -0.05) is 42.5 Å². The quantitative estimate of drug-likeness (QED) is 0.909. The molecule has 2 rings (SSSR count). The van der Waals surface area contributed by atoms with E-state index in [9.17, 15) is 4.79 Å². The SMILES string of the molecule is CC(C)NC(=O)[C@H](C)Oc1ccc(-c2ccccc2)cc1. The van der Waals surface area contributed by atoms with Crippen LogP contribution in [0.2, 0.25) is 0 Å². The first-order chi connectivity index (χ1) is 10.1. The zero-order chi connectivity index (χ0) is 15.2. The molecule has 3 heteroatoms. The maximum absolute atomic E-state index is 11.8. The summed E-state index contributed by atoms with van der Waals surface area (Å²) in [5.74, 6) is 0.596. The van der Waals surface area contributed by atoms with Crippen molar-refractivity contribution in [1.82, 2.24) is 5.32 Å². The third-order valence-electron chi connectivity index (χ3n) is 3.07. The van der Waals surface area contributed by atoms with Crippen LogP contribution in [0.1, 0.15) is 20.8 Å². The predicted octanol–water partition coefficient (Wildman–Crippen LogP) is 3.65. The van der Waals surface area contributed by atoms with E-state index in [1.807, 2.05) is 56.3 Å². The van der Waals surface area contributed by atoms with E-state index in [1.165, 1.54) is 0 Å². The van der Waals surface area contributed by atoms with Crippen LogP contribution in [0.15, 0.2) is 54.6 Å². The van der Waals surface area contributed by atoms with Gasteiger partial charge >= 0.3 is 0 Å². The van der Waals surface area contributed by atoms with Gasteiger partial charge in [0.1, 0.15) is 5.75 Å². The van der Waals surface area contributed by atoms with Crippen molar-refractivity contribution in [1.29, 1.82) is 0 Å². The van der Waals surface area contributed by atoms with E-state index in [1.54, 1.807) is 6.92 Å². The summed E-state index contributed by atoms with van der Waals surface area (Å²) in [5.41, 5.74) is 2.29. The fourth-order valence-electron chi connectivity index (χ4n) is 2.02. The molecule has 2 aromatic carbocycles. The van der Waals surface area contributed by atoms with Gasteiger partial charge in [-0.25, -0.2) is 0 Å². The zero-order valence-electron chi connectivity index (χ0n) is 12.7. The summed E-state index contributed by atoms with van der Waals surface area (Å²) in [6.45, 7) is 5.61. The summed E-state index contributed by atoms with van der Waals surface area (Å²) < 4.78 is 5.66. The fourth-order valence-corrected chi connectivity index (χ4v) is 2.02. The van der Waals surface area contributed by atoms with Gasteiger partial charge in [0.05, 0.1) is 0 Å². The van der Waals surface area contributed by atoms with E-state index < -0.39 is 6.10 Å². The van der Waals surface area contributed by atoms with Crippen LogP contribution in [0, 0.1) is 0 Å². The number of hydrogen-bond acceptors (Lipinski definition) is 2. The molecule has 0 saturated carbocycles. The van der Waals surface area contributed by atoms with Crippen molar-refractivity contribution in [2.45, 2.75) is 32.9 Å². The van der Waals surface area contributed by atoms with Crippen molar-refractivity contribution in [3.05, 3.63) is 54.6 Å². The van der Waals surface area contributed by atoms with Crippen LogP contribution < -0.4 is 10.1 Å². The highest BCUT2D eigenvalue weighted by Gasteiger charge is 2.15. The Bertz CT molecular complexity index is 576. The second-order valence-corrected chi connectivity index (χ2v) is 5.31. The summed E-state index contributed by atoms with van der Waals surface area (Å²) in [6.07, 6.45) is -0.505. The summed E-state index contributed by atoms with van der Waals surface area (Å²) in [7, 11) is 0. The molecule has 0 spiro atoms. The molecule has 0 saturated heterocycles. The first-order valence-corrected chi connectivity index (χ1v) is 7.19. The fraction of sp³-hybridized carbons (Fsp3) is 0.278. The molecular formula is C18H21NO2. The van der Waals surface area contributed by atoms with Crippen LogP contribution in [0.4, 0.5) is 0 Å². The zero-order valence-corrected chi connectivity index (χ0v) is 12.7. The molecule has 0 aliphatic heterocycles. The lowest BCUT2D eigenvalue weighted by Crippen LogP contribution is -2.39. The first-order valence-electron chi connectivity index (χ1n) is 7.19. The molecule has 0 bridgehead atoms. The summed E-state index contributed by atoms with van der Waals surface area (Å²) in [6, 6.07) is 18.0. The van der Waals surface area contributed by atoms with Gasteiger partial charge in [0, 0.05) is 6.04 Å². The Morgan fingerprint density at radius 1 is 0.905 bits per heavy atom. The van der Waals surface area contributed by atoms with Gasteiger partial charge < -0.3 is 10.1 Å².